The molecule has 0 aromatic heterocycles. The van der Waals surface area contributed by atoms with Crippen LogP contribution in [0.15, 0.2) is 16.6 Å². The van der Waals surface area contributed by atoms with E-state index in [1.165, 1.54) is 17.8 Å². The highest BCUT2D eigenvalue weighted by Gasteiger charge is 2.27. The van der Waals surface area contributed by atoms with E-state index in [4.69, 9.17) is 11.0 Å². The van der Waals surface area contributed by atoms with Crippen molar-refractivity contribution in [3.05, 3.63) is 33.5 Å². The Bertz CT molecular complexity index is 563. The van der Waals surface area contributed by atoms with Gasteiger partial charge >= 0.3 is 0 Å². The van der Waals surface area contributed by atoms with E-state index in [1.54, 1.807) is 0 Å². The van der Waals surface area contributed by atoms with Crippen LogP contribution in [0.25, 0.3) is 0 Å². The molecule has 3 nitrogen and oxygen atoms in total. The highest BCUT2D eigenvalue weighted by atomic mass is 79.9. The number of halogens is 4. The lowest BCUT2D eigenvalue weighted by atomic mass is 9.94. The summed E-state index contributed by atoms with van der Waals surface area (Å²) in [5, 5.41) is 8.40. The topological polar surface area (TPSA) is 66.9 Å². The summed E-state index contributed by atoms with van der Waals surface area (Å²) in [4.78, 5) is 11.2. The van der Waals surface area contributed by atoms with Gasteiger partial charge < -0.3 is 5.73 Å². The van der Waals surface area contributed by atoms with Crippen molar-refractivity contribution in [2.75, 3.05) is 11.5 Å². The van der Waals surface area contributed by atoms with Crippen LogP contribution in [0.4, 0.5) is 13.2 Å². The largest absolute Gasteiger partial charge is 0.366 e. The van der Waals surface area contributed by atoms with Crippen LogP contribution in [0.1, 0.15) is 28.3 Å². The summed E-state index contributed by atoms with van der Waals surface area (Å²) in [6, 6.07) is 4.28. The molecule has 0 heterocycles. The van der Waals surface area contributed by atoms with Crippen molar-refractivity contribution < 1.29 is 18.0 Å². The Morgan fingerprint density at radius 2 is 2.14 bits per heavy atom. The number of benzene rings is 1. The van der Waals surface area contributed by atoms with Crippen LogP contribution in [0.2, 0.25) is 0 Å². The SMILES string of the molecule is N#CCSCCC(c1cc(Br)cc(C(N)=O)c1F)C(F)F. The van der Waals surface area contributed by atoms with Crippen molar-refractivity contribution in [1.29, 1.82) is 5.26 Å². The third-order valence-corrected chi connectivity index (χ3v) is 4.09. The number of nitriles is 1. The summed E-state index contributed by atoms with van der Waals surface area (Å²) in [7, 11) is 0. The van der Waals surface area contributed by atoms with Crippen LogP contribution in [-0.2, 0) is 0 Å². The molecule has 0 fully saturated rings. The molecule has 0 saturated carbocycles. The number of nitrogens with zero attached hydrogens (tertiary/aromatic N) is 1. The van der Waals surface area contributed by atoms with Gasteiger partial charge in [0.2, 0.25) is 6.43 Å². The van der Waals surface area contributed by atoms with E-state index in [1.807, 2.05) is 6.07 Å². The molecule has 0 aliphatic rings. The number of primary amides is 1. The van der Waals surface area contributed by atoms with E-state index in [2.05, 4.69) is 15.9 Å². The molecular formula is C13H12BrF3N2OS. The fourth-order valence-electron chi connectivity index (χ4n) is 1.80. The summed E-state index contributed by atoms with van der Waals surface area (Å²) in [6.07, 6.45) is -2.78. The van der Waals surface area contributed by atoms with E-state index < -0.39 is 29.6 Å². The van der Waals surface area contributed by atoms with Gasteiger partial charge in [-0.3, -0.25) is 4.79 Å². The molecule has 1 rings (SSSR count). The lowest BCUT2D eigenvalue weighted by molar-refractivity contribution is 0.0989. The molecule has 1 atom stereocenters. The predicted octanol–water partition coefficient (Wildman–Crippen LogP) is 3.68. The Kier molecular flexibility index (Phi) is 7.05. The second-order valence-corrected chi connectivity index (χ2v) is 6.18. The quantitative estimate of drug-likeness (QED) is 0.733. The third-order valence-electron chi connectivity index (χ3n) is 2.77. The number of carbonyl (C=O) groups excluding carboxylic acids is 1. The average molecular weight is 381 g/mol. The van der Waals surface area contributed by atoms with Gasteiger partial charge in [-0.25, -0.2) is 13.2 Å². The molecule has 0 aliphatic carbocycles. The van der Waals surface area contributed by atoms with Crippen molar-refractivity contribution in [2.45, 2.75) is 18.8 Å². The van der Waals surface area contributed by atoms with Gasteiger partial charge in [0.1, 0.15) is 5.82 Å². The summed E-state index contributed by atoms with van der Waals surface area (Å²) in [6.45, 7) is 0. The molecule has 1 amide bonds. The summed E-state index contributed by atoms with van der Waals surface area (Å²) < 4.78 is 40.8. The maximum absolute atomic E-state index is 14.2. The van der Waals surface area contributed by atoms with Gasteiger partial charge in [0.15, 0.2) is 0 Å². The summed E-state index contributed by atoms with van der Waals surface area (Å²) in [5.41, 5.74) is 4.37. The van der Waals surface area contributed by atoms with Crippen molar-refractivity contribution in [3.8, 4) is 6.07 Å². The zero-order valence-corrected chi connectivity index (χ0v) is 13.2. The molecule has 0 saturated heterocycles. The Labute approximate surface area is 132 Å². The third kappa shape index (κ3) is 4.93. The number of rotatable bonds is 7. The molecule has 114 valence electrons. The first kappa shape index (κ1) is 17.9. The molecule has 0 radical (unpaired) electrons. The zero-order valence-electron chi connectivity index (χ0n) is 10.8. The van der Waals surface area contributed by atoms with Gasteiger partial charge in [-0.1, -0.05) is 15.9 Å². The van der Waals surface area contributed by atoms with Gasteiger partial charge in [0.25, 0.3) is 5.91 Å². The van der Waals surface area contributed by atoms with Crippen LogP contribution in [-0.4, -0.2) is 23.8 Å². The summed E-state index contributed by atoms with van der Waals surface area (Å²) >= 11 is 4.25. The molecule has 1 aromatic rings. The minimum absolute atomic E-state index is 0.00438. The van der Waals surface area contributed by atoms with Crippen LogP contribution in [0.3, 0.4) is 0 Å². The molecule has 0 bridgehead atoms. The smallest absolute Gasteiger partial charge is 0.251 e. The average Bonchev–Trinajstić information content (AvgIpc) is 2.41. The zero-order chi connectivity index (χ0) is 16.0. The van der Waals surface area contributed by atoms with Gasteiger partial charge in [0.05, 0.1) is 17.4 Å². The first-order chi connectivity index (χ1) is 9.88. The van der Waals surface area contributed by atoms with Crippen molar-refractivity contribution in [1.82, 2.24) is 0 Å². The molecule has 0 spiro atoms. The molecule has 2 N–H and O–H groups in total. The van der Waals surface area contributed by atoms with Gasteiger partial charge in [-0.15, -0.1) is 11.8 Å². The lowest BCUT2D eigenvalue weighted by Gasteiger charge is -2.18. The van der Waals surface area contributed by atoms with Crippen LogP contribution >= 0.6 is 27.7 Å². The van der Waals surface area contributed by atoms with Gasteiger partial charge in [-0.05, 0) is 29.9 Å². The fraction of sp³-hybridized carbons (Fsp3) is 0.385. The van der Waals surface area contributed by atoms with Crippen LogP contribution < -0.4 is 5.73 Å². The number of thioether (sulfide) groups is 1. The Morgan fingerprint density at radius 1 is 1.48 bits per heavy atom. The molecule has 8 heteroatoms. The van der Waals surface area contributed by atoms with E-state index in [9.17, 15) is 18.0 Å². The van der Waals surface area contributed by atoms with E-state index in [0.717, 1.165) is 6.07 Å². The predicted molar refractivity (Wildman–Crippen MR) is 78.9 cm³/mol. The standard InChI is InChI=1S/C13H12BrF3N2OS/c14-7-5-9(11(15)10(6-7)13(19)20)8(12(16)17)1-3-21-4-2-18/h5-6,8,12H,1,3-4H2,(H2,19,20). The van der Waals surface area contributed by atoms with E-state index in [-0.39, 0.29) is 17.7 Å². The number of hydrogen-bond acceptors (Lipinski definition) is 3. The first-order valence-electron chi connectivity index (χ1n) is 5.90. The number of alkyl halides is 2. The number of amides is 1. The van der Waals surface area contributed by atoms with Crippen LogP contribution in [0.5, 0.6) is 0 Å². The second-order valence-electron chi connectivity index (χ2n) is 4.16. The van der Waals surface area contributed by atoms with E-state index >= 15 is 0 Å². The lowest BCUT2D eigenvalue weighted by Crippen LogP contribution is -2.18. The molecule has 0 aliphatic heterocycles. The van der Waals surface area contributed by atoms with Crippen molar-refractivity contribution >= 4 is 33.6 Å². The molecule has 1 aromatic carbocycles. The minimum atomic E-state index is -2.78. The second kappa shape index (κ2) is 8.29. The Balaban J connectivity index is 3.08. The van der Waals surface area contributed by atoms with Crippen LogP contribution in [0, 0.1) is 17.1 Å². The van der Waals surface area contributed by atoms with Gasteiger partial charge in [-0.2, -0.15) is 5.26 Å². The molecule has 1 unspecified atom stereocenters. The molecular weight excluding hydrogens is 369 g/mol. The maximum Gasteiger partial charge on any atom is 0.251 e. The van der Waals surface area contributed by atoms with Crippen molar-refractivity contribution in [2.24, 2.45) is 5.73 Å². The Morgan fingerprint density at radius 3 is 2.67 bits per heavy atom. The monoisotopic (exact) mass is 380 g/mol. The van der Waals surface area contributed by atoms with Crippen molar-refractivity contribution in [3.63, 3.8) is 0 Å². The summed E-state index contributed by atoms with van der Waals surface area (Å²) in [5.74, 6) is -2.90. The maximum atomic E-state index is 14.2. The number of hydrogen-bond donors (Lipinski definition) is 1. The highest BCUT2D eigenvalue weighted by Crippen LogP contribution is 2.33. The fourth-order valence-corrected chi connectivity index (χ4v) is 2.94. The van der Waals surface area contributed by atoms with E-state index in [0.29, 0.717) is 10.2 Å². The first-order valence-corrected chi connectivity index (χ1v) is 7.84. The normalized spacial score (nSPS) is 12.2. The molecule has 21 heavy (non-hydrogen) atoms. The number of carbonyl (C=O) groups is 1. The Hall–Kier alpha value is -1.20. The minimum Gasteiger partial charge on any atom is -0.366 e. The highest BCUT2D eigenvalue weighted by molar-refractivity contribution is 9.10. The van der Waals surface area contributed by atoms with Gasteiger partial charge in [0, 0.05) is 10.4 Å². The number of nitrogens with two attached hydrogens (primary N) is 1.